The Kier molecular flexibility index (Phi) is 43.7. The molecule has 0 aliphatic heterocycles. The van der Waals surface area contributed by atoms with Gasteiger partial charge in [-0.3, -0.25) is 9.79 Å². The molecule has 0 aromatic carbocycles. The number of ether oxygens (including phenoxy) is 2. The number of unbranched alkanes of at least 4 members (excludes halogenated alkanes) is 24. The second-order valence-corrected chi connectivity index (χ2v) is 17.9. The first kappa shape index (κ1) is 59.6. The van der Waals surface area contributed by atoms with E-state index in [4.69, 9.17) is 26.7 Å². The Morgan fingerprint density at radius 3 is 1.46 bits per heavy atom. The highest BCUT2D eigenvalue weighted by atomic mass is 79.9. The monoisotopic (exact) mass is 900 g/mol. The van der Waals surface area contributed by atoms with E-state index in [1.165, 1.54) is 167 Å². The maximum atomic E-state index is 12.2. The number of guanidine groups is 1. The van der Waals surface area contributed by atoms with Crippen LogP contribution < -0.4 is 34.2 Å². The van der Waals surface area contributed by atoms with Gasteiger partial charge in [-0.15, -0.1) is 0 Å². The third-order valence-electron chi connectivity index (χ3n) is 11.5. The standard InChI is InChI=1S/C49H97N5O4.BrH/c1-5-7-9-11-13-15-17-19-21-23-25-27-29-31-33-35-42-57-45-46(44-54(3,4)41-39-49(52,47(55)56)38-37-40-53-48(50)51)58-43-36-34-32-30-28-26-24-22-20-18-16-14-12-10-8-6-2;/h19-22,46H,5-18,23-45,52H2,1-4H3,(H4-,50,51,53,55,56);1H/b21-19-,22-20-;. The van der Waals surface area contributed by atoms with E-state index in [9.17, 15) is 9.90 Å². The number of hydrogen-bond donors (Lipinski definition) is 4. The largest absolute Gasteiger partial charge is 1.00 e. The molecule has 0 radical (unpaired) electrons. The van der Waals surface area contributed by atoms with Crippen molar-refractivity contribution in [2.75, 3.05) is 53.6 Å². The van der Waals surface area contributed by atoms with Crippen LogP contribution in [0, 0.1) is 0 Å². The molecule has 9 nitrogen and oxygen atoms in total. The molecule has 0 saturated heterocycles. The molecule has 0 saturated carbocycles. The summed E-state index contributed by atoms with van der Waals surface area (Å²) in [6, 6.07) is 0. The van der Waals surface area contributed by atoms with Gasteiger partial charge in [0.15, 0.2) is 5.96 Å². The van der Waals surface area contributed by atoms with Gasteiger partial charge in [0, 0.05) is 26.2 Å². The number of carboxylic acid groups (broad SMARTS) is 1. The zero-order valence-electron chi connectivity index (χ0n) is 39.2. The molecule has 350 valence electrons. The van der Waals surface area contributed by atoms with Crippen LogP contribution in [0.5, 0.6) is 0 Å². The molecule has 10 heteroatoms. The fraction of sp³-hybridized carbons (Fsp3) is 0.878. The Hall–Kier alpha value is -1.46. The van der Waals surface area contributed by atoms with Crippen LogP contribution in [0.1, 0.15) is 213 Å². The molecule has 0 rings (SSSR count). The first-order valence-electron chi connectivity index (χ1n) is 24.4. The highest BCUT2D eigenvalue weighted by Gasteiger charge is 2.36. The topological polar surface area (TPSA) is 146 Å². The predicted molar refractivity (Wildman–Crippen MR) is 250 cm³/mol. The molecule has 7 N–H and O–H groups in total. The smallest absolute Gasteiger partial charge is 0.323 e. The number of carbonyl (C=O) groups is 1. The Morgan fingerprint density at radius 1 is 0.627 bits per heavy atom. The highest BCUT2D eigenvalue weighted by molar-refractivity contribution is 5.78. The molecular formula is C49H98BrN5O4. The van der Waals surface area contributed by atoms with Gasteiger partial charge in [0.05, 0.1) is 27.2 Å². The lowest BCUT2D eigenvalue weighted by molar-refractivity contribution is -0.894. The Balaban J connectivity index is 0. The summed E-state index contributed by atoms with van der Waals surface area (Å²) >= 11 is 0. The fourth-order valence-electron chi connectivity index (χ4n) is 7.51. The molecule has 0 fully saturated rings. The van der Waals surface area contributed by atoms with E-state index in [0.717, 1.165) is 32.6 Å². The number of likely N-dealkylation sites (N-methyl/N-ethyl adjacent to an activating group) is 1. The molecule has 0 bridgehead atoms. The quantitative estimate of drug-likeness (QED) is 0.0157. The normalized spacial score (nSPS) is 13.5. The number of nitrogens with two attached hydrogens (primary N) is 3. The van der Waals surface area contributed by atoms with Crippen LogP contribution in [-0.2, 0) is 14.3 Å². The SMILES string of the molecule is CCCCCCCC/C=C\CCCCCCCCOCC(C[N+](C)(C)CCC(N)(CCCN=C(N)N)C(=O)O)OCCCCCCCC/C=C\CCCCCCCC.[Br-]. The summed E-state index contributed by atoms with van der Waals surface area (Å²) < 4.78 is 13.3. The van der Waals surface area contributed by atoms with Gasteiger partial charge in [0.1, 0.15) is 18.2 Å². The molecule has 0 amide bonds. The molecule has 2 atom stereocenters. The number of hydrogen-bond acceptors (Lipinski definition) is 5. The molecule has 0 aromatic heterocycles. The van der Waals surface area contributed by atoms with Crippen LogP contribution in [0.25, 0.3) is 0 Å². The van der Waals surface area contributed by atoms with Crippen molar-refractivity contribution in [2.24, 2.45) is 22.2 Å². The van der Waals surface area contributed by atoms with E-state index in [-0.39, 0.29) is 29.0 Å². The number of quaternary nitrogens is 1. The van der Waals surface area contributed by atoms with Crippen LogP contribution in [0.3, 0.4) is 0 Å². The molecule has 0 aliphatic rings. The maximum Gasteiger partial charge on any atom is 0.323 e. The van der Waals surface area contributed by atoms with Gasteiger partial charge in [0.25, 0.3) is 0 Å². The van der Waals surface area contributed by atoms with Crippen molar-refractivity contribution < 1.29 is 40.8 Å². The van der Waals surface area contributed by atoms with Crippen molar-refractivity contribution in [3.05, 3.63) is 24.3 Å². The lowest BCUT2D eigenvalue weighted by Gasteiger charge is -2.36. The van der Waals surface area contributed by atoms with Gasteiger partial charge in [-0.25, -0.2) is 0 Å². The highest BCUT2D eigenvalue weighted by Crippen LogP contribution is 2.19. The van der Waals surface area contributed by atoms with Gasteiger partial charge in [-0.1, -0.05) is 154 Å². The average molecular weight is 901 g/mol. The summed E-state index contributed by atoms with van der Waals surface area (Å²) in [6.45, 7) is 8.32. The molecule has 59 heavy (non-hydrogen) atoms. The van der Waals surface area contributed by atoms with Crippen molar-refractivity contribution in [1.29, 1.82) is 0 Å². The average Bonchev–Trinajstić information content (AvgIpc) is 3.19. The van der Waals surface area contributed by atoms with Gasteiger partial charge in [-0.2, -0.15) is 0 Å². The van der Waals surface area contributed by atoms with Gasteiger partial charge >= 0.3 is 5.97 Å². The van der Waals surface area contributed by atoms with E-state index < -0.39 is 11.5 Å². The first-order chi connectivity index (χ1) is 28.1. The summed E-state index contributed by atoms with van der Waals surface area (Å²) in [6.07, 6.45) is 46.9. The summed E-state index contributed by atoms with van der Waals surface area (Å²) in [7, 11) is 4.26. The Bertz CT molecular complexity index is 1010. The third-order valence-corrected chi connectivity index (χ3v) is 11.5. The number of halogens is 1. The second-order valence-electron chi connectivity index (χ2n) is 17.9. The molecule has 0 heterocycles. The number of carboxylic acids is 1. The molecule has 2 unspecified atom stereocenters. The minimum atomic E-state index is -1.32. The Morgan fingerprint density at radius 2 is 1.03 bits per heavy atom. The second kappa shape index (κ2) is 43.2. The van der Waals surface area contributed by atoms with Crippen LogP contribution in [0.15, 0.2) is 29.3 Å². The molecule has 0 spiro atoms. The predicted octanol–water partition coefficient (Wildman–Crippen LogP) is 8.77. The van der Waals surface area contributed by atoms with E-state index in [2.05, 4.69) is 57.2 Å². The van der Waals surface area contributed by atoms with Crippen LogP contribution in [-0.4, -0.2) is 86.7 Å². The number of aliphatic imine (C=N–C) groups is 1. The molecule has 0 aromatic rings. The third kappa shape index (κ3) is 41.7. The van der Waals surface area contributed by atoms with Crippen LogP contribution in [0.2, 0.25) is 0 Å². The first-order valence-corrected chi connectivity index (χ1v) is 24.4. The van der Waals surface area contributed by atoms with E-state index in [1.807, 2.05) is 0 Å². The number of allylic oxidation sites excluding steroid dienone is 4. The number of aliphatic carboxylic acids is 1. The Labute approximate surface area is 375 Å². The molecular weight excluding hydrogens is 802 g/mol. The van der Waals surface area contributed by atoms with Crippen LogP contribution in [0.4, 0.5) is 0 Å². The van der Waals surface area contributed by atoms with Gasteiger partial charge in [-0.05, 0) is 77.0 Å². The van der Waals surface area contributed by atoms with Crippen molar-refractivity contribution in [1.82, 2.24) is 0 Å². The number of nitrogens with zero attached hydrogens (tertiary/aromatic N) is 2. The van der Waals surface area contributed by atoms with Gasteiger partial charge < -0.3 is 53.2 Å². The summed E-state index contributed by atoms with van der Waals surface area (Å²) in [4.78, 5) is 16.2. The van der Waals surface area contributed by atoms with Crippen molar-refractivity contribution in [2.45, 2.75) is 225 Å². The lowest BCUT2D eigenvalue weighted by Crippen LogP contribution is -3.00. The van der Waals surface area contributed by atoms with E-state index in [1.54, 1.807) is 0 Å². The van der Waals surface area contributed by atoms with Crippen molar-refractivity contribution in [3.63, 3.8) is 0 Å². The summed E-state index contributed by atoms with van der Waals surface area (Å²) in [5.74, 6) is -0.974. The van der Waals surface area contributed by atoms with E-state index in [0.29, 0.717) is 43.4 Å². The molecule has 0 aliphatic carbocycles. The maximum absolute atomic E-state index is 12.2. The van der Waals surface area contributed by atoms with Crippen molar-refractivity contribution in [3.8, 4) is 0 Å². The minimum Gasteiger partial charge on any atom is -1.00 e. The summed E-state index contributed by atoms with van der Waals surface area (Å²) in [5.41, 5.74) is 16.0. The van der Waals surface area contributed by atoms with E-state index >= 15 is 0 Å². The lowest BCUT2D eigenvalue weighted by atomic mass is 9.90. The van der Waals surface area contributed by atoms with Crippen LogP contribution >= 0.6 is 0 Å². The van der Waals surface area contributed by atoms with Crippen molar-refractivity contribution >= 4 is 11.9 Å². The fourth-order valence-corrected chi connectivity index (χ4v) is 7.51. The minimum absolute atomic E-state index is 0. The van der Waals surface area contributed by atoms with Gasteiger partial charge in [0.2, 0.25) is 0 Å². The number of rotatable bonds is 45. The summed E-state index contributed by atoms with van der Waals surface area (Å²) in [5, 5.41) is 9.99. The zero-order valence-corrected chi connectivity index (χ0v) is 40.8. The zero-order chi connectivity index (χ0) is 42.8.